The first-order valence-electron chi connectivity index (χ1n) is 5.69. The lowest BCUT2D eigenvalue weighted by molar-refractivity contribution is 0.0951. The fraction of sp³-hybridized carbons (Fsp3) is 0.231. The van der Waals surface area contributed by atoms with Crippen molar-refractivity contribution in [1.29, 1.82) is 0 Å². The SMILES string of the molecule is Cc1c(Cl)cccc1C(=O)NCCn1cccn1. The smallest absolute Gasteiger partial charge is 0.251 e. The number of carbonyl (C=O) groups excluding carboxylic acids is 1. The van der Waals surface area contributed by atoms with E-state index in [1.165, 1.54) is 0 Å². The van der Waals surface area contributed by atoms with E-state index in [0.29, 0.717) is 23.7 Å². The van der Waals surface area contributed by atoms with E-state index in [0.717, 1.165) is 5.56 Å². The number of hydrogen-bond acceptors (Lipinski definition) is 2. The van der Waals surface area contributed by atoms with E-state index >= 15 is 0 Å². The molecular formula is C13H14ClN3O. The van der Waals surface area contributed by atoms with Gasteiger partial charge in [-0.25, -0.2) is 0 Å². The summed E-state index contributed by atoms with van der Waals surface area (Å²) in [6.07, 6.45) is 3.57. The van der Waals surface area contributed by atoms with Crippen LogP contribution in [-0.2, 0) is 6.54 Å². The molecule has 0 spiro atoms. The summed E-state index contributed by atoms with van der Waals surface area (Å²) in [6.45, 7) is 3.02. The minimum Gasteiger partial charge on any atom is -0.350 e. The highest BCUT2D eigenvalue weighted by molar-refractivity contribution is 6.31. The Labute approximate surface area is 111 Å². The minimum absolute atomic E-state index is 0.109. The number of carbonyl (C=O) groups is 1. The standard InChI is InChI=1S/C13H14ClN3O/c1-10-11(4-2-5-12(10)14)13(18)15-7-9-17-8-3-6-16-17/h2-6,8H,7,9H2,1H3,(H,15,18). The van der Waals surface area contributed by atoms with Crippen LogP contribution in [0.25, 0.3) is 0 Å². The molecule has 0 aliphatic rings. The van der Waals surface area contributed by atoms with Gasteiger partial charge in [0, 0.05) is 29.5 Å². The molecule has 0 bridgehead atoms. The highest BCUT2D eigenvalue weighted by Crippen LogP contribution is 2.18. The van der Waals surface area contributed by atoms with Crippen molar-refractivity contribution < 1.29 is 4.79 Å². The predicted molar refractivity (Wildman–Crippen MR) is 70.7 cm³/mol. The van der Waals surface area contributed by atoms with E-state index in [9.17, 15) is 4.79 Å². The molecular weight excluding hydrogens is 250 g/mol. The van der Waals surface area contributed by atoms with Crippen LogP contribution in [-0.4, -0.2) is 22.2 Å². The Morgan fingerprint density at radius 3 is 3.00 bits per heavy atom. The van der Waals surface area contributed by atoms with Crippen molar-refractivity contribution >= 4 is 17.5 Å². The average Bonchev–Trinajstić information content (AvgIpc) is 2.85. The fourth-order valence-electron chi connectivity index (χ4n) is 1.67. The molecule has 18 heavy (non-hydrogen) atoms. The van der Waals surface area contributed by atoms with E-state index in [1.807, 2.05) is 19.2 Å². The molecule has 0 radical (unpaired) electrons. The van der Waals surface area contributed by atoms with Crippen LogP contribution in [0, 0.1) is 6.92 Å². The number of hydrogen-bond donors (Lipinski definition) is 1. The van der Waals surface area contributed by atoms with Crippen molar-refractivity contribution in [3.63, 3.8) is 0 Å². The third-order valence-electron chi connectivity index (χ3n) is 2.70. The van der Waals surface area contributed by atoms with E-state index in [-0.39, 0.29) is 5.91 Å². The highest BCUT2D eigenvalue weighted by Gasteiger charge is 2.09. The van der Waals surface area contributed by atoms with Gasteiger partial charge in [-0.1, -0.05) is 17.7 Å². The van der Waals surface area contributed by atoms with Crippen LogP contribution in [0.5, 0.6) is 0 Å². The molecule has 4 nitrogen and oxygen atoms in total. The quantitative estimate of drug-likeness (QED) is 0.920. The van der Waals surface area contributed by atoms with Crippen molar-refractivity contribution in [2.75, 3.05) is 6.54 Å². The molecule has 0 atom stereocenters. The summed E-state index contributed by atoms with van der Waals surface area (Å²) in [5, 5.41) is 7.51. The van der Waals surface area contributed by atoms with Crippen LogP contribution in [0.15, 0.2) is 36.7 Å². The van der Waals surface area contributed by atoms with Gasteiger partial charge < -0.3 is 5.32 Å². The van der Waals surface area contributed by atoms with Crippen molar-refractivity contribution in [2.45, 2.75) is 13.5 Å². The lowest BCUT2D eigenvalue weighted by Gasteiger charge is -2.08. The van der Waals surface area contributed by atoms with Gasteiger partial charge >= 0.3 is 0 Å². The van der Waals surface area contributed by atoms with Gasteiger partial charge in [0.1, 0.15) is 0 Å². The molecule has 1 aromatic carbocycles. The Bertz CT molecular complexity index is 537. The van der Waals surface area contributed by atoms with Crippen LogP contribution in [0.1, 0.15) is 15.9 Å². The molecule has 2 aromatic rings. The maximum atomic E-state index is 11.9. The molecule has 0 unspecified atom stereocenters. The topological polar surface area (TPSA) is 46.9 Å². The molecule has 0 aliphatic carbocycles. The van der Waals surface area contributed by atoms with Gasteiger partial charge in [0.2, 0.25) is 0 Å². The number of nitrogens with zero attached hydrogens (tertiary/aromatic N) is 2. The molecule has 2 rings (SSSR count). The van der Waals surface area contributed by atoms with Crippen LogP contribution in [0.3, 0.4) is 0 Å². The van der Waals surface area contributed by atoms with Gasteiger partial charge in [-0.05, 0) is 30.7 Å². The van der Waals surface area contributed by atoms with E-state index in [1.54, 1.807) is 29.1 Å². The zero-order valence-electron chi connectivity index (χ0n) is 10.1. The largest absolute Gasteiger partial charge is 0.350 e. The Balaban J connectivity index is 1.93. The molecule has 0 fully saturated rings. The van der Waals surface area contributed by atoms with Crippen molar-refractivity contribution in [3.05, 3.63) is 52.8 Å². The molecule has 94 valence electrons. The van der Waals surface area contributed by atoms with E-state index < -0.39 is 0 Å². The summed E-state index contributed by atoms with van der Waals surface area (Å²) in [5.41, 5.74) is 1.42. The summed E-state index contributed by atoms with van der Waals surface area (Å²) < 4.78 is 1.77. The van der Waals surface area contributed by atoms with Crippen molar-refractivity contribution in [2.24, 2.45) is 0 Å². The molecule has 1 N–H and O–H groups in total. The van der Waals surface area contributed by atoms with Gasteiger partial charge in [-0.15, -0.1) is 0 Å². The third kappa shape index (κ3) is 2.90. The Morgan fingerprint density at radius 2 is 2.28 bits per heavy atom. The Kier molecular flexibility index (Phi) is 3.99. The second-order valence-electron chi connectivity index (χ2n) is 3.94. The highest BCUT2D eigenvalue weighted by atomic mass is 35.5. The Hall–Kier alpha value is -1.81. The minimum atomic E-state index is -0.109. The van der Waals surface area contributed by atoms with Crippen LogP contribution < -0.4 is 5.32 Å². The van der Waals surface area contributed by atoms with Gasteiger partial charge in [-0.2, -0.15) is 5.10 Å². The average molecular weight is 264 g/mol. The number of rotatable bonds is 4. The molecule has 0 saturated heterocycles. The van der Waals surface area contributed by atoms with Crippen LogP contribution in [0.4, 0.5) is 0 Å². The fourth-order valence-corrected chi connectivity index (χ4v) is 1.84. The molecule has 0 saturated carbocycles. The van der Waals surface area contributed by atoms with Crippen molar-refractivity contribution in [1.82, 2.24) is 15.1 Å². The summed E-state index contributed by atoms with van der Waals surface area (Å²) >= 11 is 5.98. The molecule has 1 heterocycles. The molecule has 5 heteroatoms. The molecule has 1 amide bonds. The van der Waals surface area contributed by atoms with Crippen molar-refractivity contribution in [3.8, 4) is 0 Å². The lowest BCUT2D eigenvalue weighted by Crippen LogP contribution is -2.28. The number of benzene rings is 1. The summed E-state index contributed by atoms with van der Waals surface area (Å²) in [4.78, 5) is 11.9. The monoisotopic (exact) mass is 263 g/mol. The predicted octanol–water partition coefficient (Wildman–Crippen LogP) is 2.27. The van der Waals surface area contributed by atoms with Gasteiger partial charge in [0.25, 0.3) is 5.91 Å². The van der Waals surface area contributed by atoms with Crippen LogP contribution in [0.2, 0.25) is 5.02 Å². The number of halogens is 1. The number of amides is 1. The summed E-state index contributed by atoms with van der Waals surface area (Å²) in [5.74, 6) is -0.109. The second-order valence-corrected chi connectivity index (χ2v) is 4.34. The second kappa shape index (κ2) is 5.69. The van der Waals surface area contributed by atoms with Gasteiger partial charge in [-0.3, -0.25) is 9.48 Å². The first kappa shape index (κ1) is 12.6. The molecule has 0 aliphatic heterocycles. The van der Waals surface area contributed by atoms with Gasteiger partial charge in [0.05, 0.1) is 6.54 Å². The third-order valence-corrected chi connectivity index (χ3v) is 3.11. The normalized spacial score (nSPS) is 10.3. The lowest BCUT2D eigenvalue weighted by atomic mass is 10.1. The first-order chi connectivity index (χ1) is 8.68. The maximum Gasteiger partial charge on any atom is 0.251 e. The van der Waals surface area contributed by atoms with E-state index in [4.69, 9.17) is 11.6 Å². The van der Waals surface area contributed by atoms with E-state index in [2.05, 4.69) is 10.4 Å². The van der Waals surface area contributed by atoms with Crippen LogP contribution >= 0.6 is 11.6 Å². The number of nitrogens with one attached hydrogen (secondary N) is 1. The molecule has 1 aromatic heterocycles. The zero-order chi connectivity index (χ0) is 13.0. The number of aromatic nitrogens is 2. The Morgan fingerprint density at radius 1 is 1.44 bits per heavy atom. The first-order valence-corrected chi connectivity index (χ1v) is 6.07. The van der Waals surface area contributed by atoms with Gasteiger partial charge in [0.15, 0.2) is 0 Å². The summed E-state index contributed by atoms with van der Waals surface area (Å²) in [6, 6.07) is 7.17. The summed E-state index contributed by atoms with van der Waals surface area (Å²) in [7, 11) is 0. The zero-order valence-corrected chi connectivity index (χ0v) is 10.8. The maximum absolute atomic E-state index is 11.9.